The van der Waals surface area contributed by atoms with Crippen LogP contribution in [-0.4, -0.2) is 40.1 Å². The van der Waals surface area contributed by atoms with Crippen LogP contribution in [0.3, 0.4) is 0 Å². The lowest BCUT2D eigenvalue weighted by Crippen LogP contribution is -2.43. The van der Waals surface area contributed by atoms with Crippen molar-refractivity contribution in [2.45, 2.75) is 37.6 Å². The van der Waals surface area contributed by atoms with Gasteiger partial charge in [-0.05, 0) is 49.7 Å². The van der Waals surface area contributed by atoms with E-state index in [1.165, 1.54) is 30.3 Å². The first-order chi connectivity index (χ1) is 14.3. The van der Waals surface area contributed by atoms with E-state index in [-0.39, 0.29) is 16.6 Å². The second-order valence-corrected chi connectivity index (χ2v) is 8.91. The zero-order chi connectivity index (χ0) is 21.7. The van der Waals surface area contributed by atoms with Crippen molar-refractivity contribution in [2.75, 3.05) is 24.1 Å². The van der Waals surface area contributed by atoms with Crippen LogP contribution < -0.4 is 19.1 Å². The van der Waals surface area contributed by atoms with Gasteiger partial charge in [0, 0.05) is 12.1 Å². The molecule has 1 heterocycles. The molecule has 0 aliphatic carbocycles. The van der Waals surface area contributed by atoms with Gasteiger partial charge in [-0.25, -0.2) is 12.8 Å². The Hall–Kier alpha value is -2.81. The summed E-state index contributed by atoms with van der Waals surface area (Å²) in [6, 6.07) is 9.16. The maximum Gasteiger partial charge on any atom is 0.264 e. The summed E-state index contributed by atoms with van der Waals surface area (Å²) in [6.07, 6.45) is 1.66. The van der Waals surface area contributed by atoms with Crippen LogP contribution in [-0.2, 0) is 14.8 Å². The van der Waals surface area contributed by atoms with Gasteiger partial charge in [0.15, 0.2) is 11.5 Å². The van der Waals surface area contributed by atoms with E-state index in [4.69, 9.17) is 9.47 Å². The van der Waals surface area contributed by atoms with Gasteiger partial charge in [-0.2, -0.15) is 0 Å². The molecule has 162 valence electrons. The summed E-state index contributed by atoms with van der Waals surface area (Å²) in [6.45, 7) is 4.13. The van der Waals surface area contributed by atoms with E-state index in [1.54, 1.807) is 0 Å². The summed E-state index contributed by atoms with van der Waals surface area (Å²) >= 11 is 0. The van der Waals surface area contributed by atoms with E-state index in [2.05, 4.69) is 5.32 Å². The highest BCUT2D eigenvalue weighted by molar-refractivity contribution is 7.92. The minimum absolute atomic E-state index is 0.0505. The average molecular weight is 437 g/mol. The van der Waals surface area contributed by atoms with Crippen LogP contribution in [0.4, 0.5) is 10.1 Å². The molecule has 1 N–H and O–H groups in total. The highest BCUT2D eigenvalue weighted by Crippen LogP contribution is 2.34. The number of nitrogens with zero attached hydrogens (tertiary/aromatic N) is 1. The largest absolute Gasteiger partial charge is 0.486 e. The lowest BCUT2D eigenvalue weighted by Gasteiger charge is -2.26. The first-order valence-corrected chi connectivity index (χ1v) is 11.2. The van der Waals surface area contributed by atoms with E-state index in [1.807, 2.05) is 13.8 Å². The summed E-state index contributed by atoms with van der Waals surface area (Å²) in [5.41, 5.74) is 0.185. The number of rotatable bonds is 8. The van der Waals surface area contributed by atoms with Gasteiger partial charge in [-0.1, -0.05) is 13.3 Å². The van der Waals surface area contributed by atoms with Gasteiger partial charge in [0.1, 0.15) is 25.6 Å². The molecule has 3 rings (SSSR count). The Balaban J connectivity index is 1.94. The van der Waals surface area contributed by atoms with Crippen LogP contribution in [0.2, 0.25) is 0 Å². The van der Waals surface area contributed by atoms with E-state index < -0.39 is 28.3 Å². The zero-order valence-corrected chi connectivity index (χ0v) is 17.7. The van der Waals surface area contributed by atoms with Gasteiger partial charge in [-0.3, -0.25) is 9.10 Å². The summed E-state index contributed by atoms with van der Waals surface area (Å²) < 4.78 is 52.1. The Morgan fingerprint density at radius 1 is 1.13 bits per heavy atom. The highest BCUT2D eigenvalue weighted by atomic mass is 32.2. The van der Waals surface area contributed by atoms with Crippen molar-refractivity contribution in [3.63, 3.8) is 0 Å². The number of ether oxygens (including phenoxy) is 2. The second kappa shape index (κ2) is 9.34. The fraction of sp³-hybridized carbons (Fsp3) is 0.381. The molecule has 0 aromatic heterocycles. The Bertz CT molecular complexity index is 995. The van der Waals surface area contributed by atoms with E-state index >= 15 is 0 Å². The monoisotopic (exact) mass is 436 g/mol. The average Bonchev–Trinajstić information content (AvgIpc) is 2.72. The van der Waals surface area contributed by atoms with E-state index in [9.17, 15) is 17.6 Å². The van der Waals surface area contributed by atoms with Crippen LogP contribution in [0.25, 0.3) is 0 Å². The van der Waals surface area contributed by atoms with Gasteiger partial charge in [0.05, 0.1) is 10.6 Å². The van der Waals surface area contributed by atoms with Gasteiger partial charge in [-0.15, -0.1) is 0 Å². The third-order valence-electron chi connectivity index (χ3n) is 4.63. The van der Waals surface area contributed by atoms with Crippen LogP contribution in [0, 0.1) is 5.82 Å². The number of hydrogen-bond donors (Lipinski definition) is 1. The van der Waals surface area contributed by atoms with Crippen molar-refractivity contribution >= 4 is 21.6 Å². The number of sulfonamides is 1. The van der Waals surface area contributed by atoms with Crippen molar-refractivity contribution in [3.05, 3.63) is 48.3 Å². The number of carbonyl (C=O) groups excluding carboxylic acids is 1. The number of anilines is 1. The quantitative estimate of drug-likeness (QED) is 0.687. The SMILES string of the molecule is CCC[C@@H](C)NC(=O)CN(c1ccc(F)cc1)S(=O)(=O)c1ccc2c(c1)OCCO2. The summed E-state index contributed by atoms with van der Waals surface area (Å²) in [4.78, 5) is 12.5. The molecule has 2 aromatic rings. The molecular formula is C21H25FN2O5S. The van der Waals surface area contributed by atoms with Crippen molar-refractivity contribution in [2.24, 2.45) is 0 Å². The first-order valence-electron chi connectivity index (χ1n) is 9.78. The minimum atomic E-state index is -4.13. The number of fused-ring (bicyclic) bond motifs is 1. The molecule has 0 saturated heterocycles. The van der Waals surface area contributed by atoms with E-state index in [0.717, 1.165) is 29.3 Å². The fourth-order valence-electron chi connectivity index (χ4n) is 3.19. The third-order valence-corrected chi connectivity index (χ3v) is 6.40. The molecule has 1 atom stereocenters. The Labute approximate surface area is 175 Å². The molecule has 0 bridgehead atoms. The van der Waals surface area contributed by atoms with Crippen molar-refractivity contribution in [1.29, 1.82) is 0 Å². The zero-order valence-electron chi connectivity index (χ0n) is 16.9. The predicted octanol–water partition coefficient (Wildman–Crippen LogP) is 3.10. The molecular weight excluding hydrogens is 411 g/mol. The Morgan fingerprint density at radius 2 is 1.80 bits per heavy atom. The van der Waals surface area contributed by atoms with E-state index in [0.29, 0.717) is 24.7 Å². The summed E-state index contributed by atoms with van der Waals surface area (Å²) in [7, 11) is -4.13. The maximum atomic E-state index is 13.4. The topological polar surface area (TPSA) is 84.9 Å². The van der Waals surface area contributed by atoms with Crippen molar-refractivity contribution in [1.82, 2.24) is 5.32 Å². The minimum Gasteiger partial charge on any atom is -0.486 e. The number of amides is 1. The molecule has 0 unspecified atom stereocenters. The van der Waals surface area contributed by atoms with Gasteiger partial charge in [0.25, 0.3) is 10.0 Å². The molecule has 0 spiro atoms. The number of hydrogen-bond acceptors (Lipinski definition) is 5. The Kier molecular flexibility index (Phi) is 6.81. The van der Waals surface area contributed by atoms with Crippen molar-refractivity contribution in [3.8, 4) is 11.5 Å². The number of carbonyl (C=O) groups is 1. The summed E-state index contributed by atoms with van der Waals surface area (Å²) in [5, 5.41) is 2.80. The molecule has 1 amide bonds. The molecule has 7 nitrogen and oxygen atoms in total. The normalized spacial score (nSPS) is 14.1. The highest BCUT2D eigenvalue weighted by Gasteiger charge is 2.29. The lowest BCUT2D eigenvalue weighted by atomic mass is 10.2. The summed E-state index contributed by atoms with van der Waals surface area (Å²) in [5.74, 6) is -0.167. The molecule has 30 heavy (non-hydrogen) atoms. The van der Waals surface area contributed by atoms with Crippen LogP contribution in [0.5, 0.6) is 11.5 Å². The number of halogens is 1. The lowest BCUT2D eigenvalue weighted by molar-refractivity contribution is -0.120. The maximum absolute atomic E-state index is 13.4. The molecule has 9 heteroatoms. The predicted molar refractivity (Wildman–Crippen MR) is 111 cm³/mol. The molecule has 0 saturated carbocycles. The molecule has 1 aliphatic rings. The van der Waals surface area contributed by atoms with Crippen LogP contribution in [0.1, 0.15) is 26.7 Å². The standard InChI is InChI=1S/C21H25FN2O5S/c1-3-4-15(2)23-21(25)14-24(17-7-5-16(22)6-8-17)30(26,27)18-9-10-19-20(13-18)29-12-11-28-19/h5-10,13,15H,3-4,11-12,14H2,1-2H3,(H,23,25)/t15-/m1/s1. The molecule has 2 aromatic carbocycles. The van der Waals surface area contributed by atoms with Crippen molar-refractivity contribution < 1.29 is 27.1 Å². The third kappa shape index (κ3) is 5.02. The first kappa shape index (κ1) is 21.9. The second-order valence-electron chi connectivity index (χ2n) is 7.05. The molecule has 0 radical (unpaired) electrons. The molecule has 0 fully saturated rings. The molecule has 1 aliphatic heterocycles. The van der Waals surface area contributed by atoms with Crippen LogP contribution in [0.15, 0.2) is 47.4 Å². The fourth-order valence-corrected chi connectivity index (χ4v) is 4.63. The van der Waals surface area contributed by atoms with Gasteiger partial charge in [0.2, 0.25) is 5.91 Å². The van der Waals surface area contributed by atoms with Crippen LogP contribution >= 0.6 is 0 Å². The number of nitrogens with one attached hydrogen (secondary N) is 1. The van der Waals surface area contributed by atoms with Gasteiger partial charge < -0.3 is 14.8 Å². The number of benzene rings is 2. The smallest absolute Gasteiger partial charge is 0.264 e. The Morgan fingerprint density at radius 3 is 2.47 bits per heavy atom. The van der Waals surface area contributed by atoms with Gasteiger partial charge >= 0.3 is 0 Å².